The largest absolute Gasteiger partial charge is 0.478 e. The van der Waals surface area contributed by atoms with E-state index in [1.807, 2.05) is 6.07 Å². The number of carboxylic acid groups (broad SMARTS) is 1. The zero-order valence-corrected chi connectivity index (χ0v) is 9.92. The predicted octanol–water partition coefficient (Wildman–Crippen LogP) is 2.58. The average Bonchev–Trinajstić information content (AvgIpc) is 2.41. The van der Waals surface area contributed by atoms with Gasteiger partial charge < -0.3 is 16.2 Å². The summed E-state index contributed by atoms with van der Waals surface area (Å²) in [6, 6.07) is 13.5. The first kappa shape index (κ1) is 12.5. The van der Waals surface area contributed by atoms with Crippen molar-refractivity contribution in [3.63, 3.8) is 0 Å². The molecule has 5 nitrogen and oxygen atoms in total. The molecule has 0 bridgehead atoms. The third-order valence-corrected chi connectivity index (χ3v) is 2.59. The number of nitrogen functional groups attached to an aromatic ring is 1. The summed E-state index contributed by atoms with van der Waals surface area (Å²) < 4.78 is 0. The van der Waals surface area contributed by atoms with Gasteiger partial charge >= 0.3 is 5.97 Å². The van der Waals surface area contributed by atoms with Crippen molar-refractivity contribution in [1.82, 2.24) is 0 Å². The highest BCUT2D eigenvalue weighted by atomic mass is 16.4. The van der Waals surface area contributed by atoms with E-state index in [1.165, 1.54) is 6.07 Å². The quantitative estimate of drug-likeness (QED) is 0.730. The van der Waals surface area contributed by atoms with E-state index in [0.717, 1.165) is 0 Å². The Hall–Kier alpha value is -3.00. The molecule has 2 aromatic rings. The number of hydrogen-bond acceptors (Lipinski definition) is 4. The molecule has 0 saturated heterocycles. The molecule has 2 aromatic carbocycles. The minimum absolute atomic E-state index is 0.0627. The molecule has 4 N–H and O–H groups in total. The monoisotopic (exact) mass is 253 g/mol. The topological polar surface area (TPSA) is 99.1 Å². The van der Waals surface area contributed by atoms with Gasteiger partial charge in [0.2, 0.25) is 0 Å². The Kier molecular flexibility index (Phi) is 3.35. The van der Waals surface area contributed by atoms with Crippen molar-refractivity contribution in [2.75, 3.05) is 11.1 Å². The number of nitrogens with zero attached hydrogens (tertiary/aromatic N) is 1. The minimum Gasteiger partial charge on any atom is -0.478 e. The summed E-state index contributed by atoms with van der Waals surface area (Å²) in [6.07, 6.45) is 0. The molecule has 94 valence electrons. The number of anilines is 3. The fourth-order valence-electron chi connectivity index (χ4n) is 1.68. The SMILES string of the molecule is N#Cc1ccccc1Nc1ccc(N)cc1C(=O)O. The summed E-state index contributed by atoms with van der Waals surface area (Å²) in [7, 11) is 0. The summed E-state index contributed by atoms with van der Waals surface area (Å²) >= 11 is 0. The maximum absolute atomic E-state index is 11.2. The number of rotatable bonds is 3. The van der Waals surface area contributed by atoms with E-state index in [9.17, 15) is 4.79 Å². The van der Waals surface area contributed by atoms with E-state index in [0.29, 0.717) is 22.6 Å². The smallest absolute Gasteiger partial charge is 0.337 e. The van der Waals surface area contributed by atoms with Crippen molar-refractivity contribution < 1.29 is 9.90 Å². The van der Waals surface area contributed by atoms with Gasteiger partial charge in [-0.3, -0.25) is 0 Å². The standard InChI is InChI=1S/C14H11N3O2/c15-8-9-3-1-2-4-12(9)17-13-6-5-10(16)7-11(13)14(18)19/h1-7,17H,16H2,(H,18,19). The second kappa shape index (κ2) is 5.10. The third kappa shape index (κ3) is 2.64. The maximum Gasteiger partial charge on any atom is 0.337 e. The summed E-state index contributed by atoms with van der Waals surface area (Å²) in [5.74, 6) is -1.08. The van der Waals surface area contributed by atoms with Gasteiger partial charge in [0.15, 0.2) is 0 Å². The summed E-state index contributed by atoms with van der Waals surface area (Å²) in [5, 5.41) is 21.1. The van der Waals surface area contributed by atoms with Gasteiger partial charge in [0.1, 0.15) is 6.07 Å². The van der Waals surface area contributed by atoms with Crippen LogP contribution in [0.4, 0.5) is 17.1 Å². The Balaban J connectivity index is 2.44. The van der Waals surface area contributed by atoms with Crippen molar-refractivity contribution in [2.24, 2.45) is 0 Å². The minimum atomic E-state index is -1.08. The number of hydrogen-bond donors (Lipinski definition) is 3. The zero-order valence-electron chi connectivity index (χ0n) is 9.92. The van der Waals surface area contributed by atoms with Gasteiger partial charge in [-0.25, -0.2) is 4.79 Å². The summed E-state index contributed by atoms with van der Waals surface area (Å²) in [5.41, 5.74) is 7.39. The van der Waals surface area contributed by atoms with Crippen molar-refractivity contribution in [3.05, 3.63) is 53.6 Å². The Morgan fingerprint density at radius 2 is 1.95 bits per heavy atom. The highest BCUT2D eigenvalue weighted by molar-refractivity contribution is 5.96. The van der Waals surface area contributed by atoms with Crippen LogP contribution in [0.15, 0.2) is 42.5 Å². The lowest BCUT2D eigenvalue weighted by atomic mass is 10.1. The molecule has 0 amide bonds. The Morgan fingerprint density at radius 1 is 1.21 bits per heavy atom. The number of nitrogens with one attached hydrogen (secondary N) is 1. The van der Waals surface area contributed by atoms with E-state index in [2.05, 4.69) is 5.32 Å². The van der Waals surface area contributed by atoms with Crippen molar-refractivity contribution >= 4 is 23.0 Å². The lowest BCUT2D eigenvalue weighted by molar-refractivity contribution is 0.0698. The van der Waals surface area contributed by atoms with Crippen molar-refractivity contribution in [3.8, 4) is 6.07 Å². The van der Waals surface area contributed by atoms with Gasteiger partial charge in [-0.1, -0.05) is 12.1 Å². The summed E-state index contributed by atoms with van der Waals surface area (Å²) in [4.78, 5) is 11.2. The molecule has 0 heterocycles. The van der Waals surface area contributed by atoms with Gasteiger partial charge in [-0.15, -0.1) is 0 Å². The third-order valence-electron chi connectivity index (χ3n) is 2.59. The lowest BCUT2D eigenvalue weighted by Gasteiger charge is -2.11. The molecule has 0 aliphatic rings. The molecule has 0 aliphatic heterocycles. The number of benzene rings is 2. The second-order valence-corrected chi connectivity index (χ2v) is 3.89. The number of para-hydroxylation sites is 1. The van der Waals surface area contributed by atoms with Gasteiger partial charge in [-0.05, 0) is 30.3 Å². The molecular weight excluding hydrogens is 242 g/mol. The second-order valence-electron chi connectivity index (χ2n) is 3.89. The molecule has 5 heteroatoms. The number of nitrogens with two attached hydrogens (primary N) is 1. The fraction of sp³-hybridized carbons (Fsp3) is 0. The molecule has 0 aliphatic carbocycles. The first-order chi connectivity index (χ1) is 9.11. The van der Waals surface area contributed by atoms with Gasteiger partial charge in [0, 0.05) is 5.69 Å². The lowest BCUT2D eigenvalue weighted by Crippen LogP contribution is -2.04. The molecule has 0 aromatic heterocycles. The van der Waals surface area contributed by atoms with Crippen LogP contribution < -0.4 is 11.1 Å². The molecule has 0 saturated carbocycles. The maximum atomic E-state index is 11.2. The molecule has 0 unspecified atom stereocenters. The van der Waals surface area contributed by atoms with Gasteiger partial charge in [-0.2, -0.15) is 5.26 Å². The number of aromatic carboxylic acids is 1. The molecule has 0 atom stereocenters. The number of carboxylic acids is 1. The molecule has 19 heavy (non-hydrogen) atoms. The van der Waals surface area contributed by atoms with Gasteiger partial charge in [0.05, 0.1) is 22.5 Å². The zero-order chi connectivity index (χ0) is 13.8. The number of nitriles is 1. The average molecular weight is 253 g/mol. The van der Waals surface area contributed by atoms with Crippen LogP contribution in [0, 0.1) is 11.3 Å². The van der Waals surface area contributed by atoms with Crippen molar-refractivity contribution in [1.29, 1.82) is 5.26 Å². The van der Waals surface area contributed by atoms with Crippen LogP contribution in [0.1, 0.15) is 15.9 Å². The van der Waals surface area contributed by atoms with Crippen LogP contribution in [0.3, 0.4) is 0 Å². The van der Waals surface area contributed by atoms with Crippen LogP contribution in [0.25, 0.3) is 0 Å². The first-order valence-corrected chi connectivity index (χ1v) is 5.51. The van der Waals surface area contributed by atoms with E-state index in [1.54, 1.807) is 36.4 Å². The first-order valence-electron chi connectivity index (χ1n) is 5.51. The number of carbonyl (C=O) groups is 1. The fourth-order valence-corrected chi connectivity index (χ4v) is 1.68. The van der Waals surface area contributed by atoms with Crippen LogP contribution in [-0.2, 0) is 0 Å². The van der Waals surface area contributed by atoms with Crippen LogP contribution in [-0.4, -0.2) is 11.1 Å². The highest BCUT2D eigenvalue weighted by Crippen LogP contribution is 2.25. The molecule has 0 spiro atoms. The Morgan fingerprint density at radius 3 is 2.63 bits per heavy atom. The van der Waals surface area contributed by atoms with Crippen LogP contribution >= 0.6 is 0 Å². The van der Waals surface area contributed by atoms with E-state index in [4.69, 9.17) is 16.1 Å². The Bertz CT molecular complexity index is 675. The molecule has 0 radical (unpaired) electrons. The predicted molar refractivity (Wildman–Crippen MR) is 72.3 cm³/mol. The molecule has 2 rings (SSSR count). The van der Waals surface area contributed by atoms with Gasteiger partial charge in [0.25, 0.3) is 0 Å². The van der Waals surface area contributed by atoms with Crippen LogP contribution in [0.5, 0.6) is 0 Å². The van der Waals surface area contributed by atoms with Crippen LogP contribution in [0.2, 0.25) is 0 Å². The van der Waals surface area contributed by atoms with E-state index >= 15 is 0 Å². The van der Waals surface area contributed by atoms with E-state index in [-0.39, 0.29) is 5.56 Å². The molecular formula is C14H11N3O2. The normalized spacial score (nSPS) is 9.63. The summed E-state index contributed by atoms with van der Waals surface area (Å²) in [6.45, 7) is 0. The molecule has 0 fully saturated rings. The highest BCUT2D eigenvalue weighted by Gasteiger charge is 2.11. The van der Waals surface area contributed by atoms with E-state index < -0.39 is 5.97 Å². The van der Waals surface area contributed by atoms with Crippen molar-refractivity contribution in [2.45, 2.75) is 0 Å². The Labute approximate surface area is 109 Å².